The fraction of sp³-hybridized carbons (Fsp3) is 0.545. The van der Waals surface area contributed by atoms with Gasteiger partial charge in [0.05, 0.1) is 11.8 Å². The van der Waals surface area contributed by atoms with Crippen molar-refractivity contribution in [2.45, 2.75) is 32.3 Å². The topological polar surface area (TPSA) is 22.1 Å². The second kappa shape index (κ2) is 3.88. The minimum absolute atomic E-state index is 0.256. The number of aromatic nitrogens is 1. The molecule has 1 aliphatic heterocycles. The largest absolute Gasteiger partial charge is 0.372 e. The summed E-state index contributed by atoms with van der Waals surface area (Å²) in [6.07, 6.45) is 5.51. The highest BCUT2D eigenvalue weighted by atomic mass is 16.5. The number of nitrogens with zero attached hydrogens (tertiary/aromatic N) is 1. The summed E-state index contributed by atoms with van der Waals surface area (Å²) in [4.78, 5) is 4.34. The van der Waals surface area contributed by atoms with Gasteiger partial charge in [0.25, 0.3) is 0 Å². The molecule has 0 aromatic carbocycles. The average molecular weight is 177 g/mol. The summed E-state index contributed by atoms with van der Waals surface area (Å²) < 4.78 is 5.58. The van der Waals surface area contributed by atoms with Crippen molar-refractivity contribution >= 4 is 0 Å². The minimum atomic E-state index is 0.256. The van der Waals surface area contributed by atoms with E-state index in [0.717, 1.165) is 25.1 Å². The number of pyridine rings is 1. The van der Waals surface area contributed by atoms with E-state index < -0.39 is 0 Å². The van der Waals surface area contributed by atoms with Crippen molar-refractivity contribution in [2.75, 3.05) is 6.61 Å². The van der Waals surface area contributed by atoms with Crippen LogP contribution in [0.1, 0.15) is 37.1 Å². The molecule has 1 aliphatic rings. The fourth-order valence-corrected chi connectivity index (χ4v) is 1.70. The van der Waals surface area contributed by atoms with Gasteiger partial charge in [-0.25, -0.2) is 0 Å². The number of hydrogen-bond acceptors (Lipinski definition) is 2. The van der Waals surface area contributed by atoms with Crippen molar-refractivity contribution in [2.24, 2.45) is 0 Å². The first kappa shape index (κ1) is 8.70. The molecule has 2 rings (SSSR count). The van der Waals surface area contributed by atoms with Crippen molar-refractivity contribution in [3.8, 4) is 0 Å². The molecule has 13 heavy (non-hydrogen) atoms. The molecule has 0 N–H and O–H groups in total. The van der Waals surface area contributed by atoms with E-state index in [-0.39, 0.29) is 6.10 Å². The Bertz CT molecular complexity index is 279. The third kappa shape index (κ3) is 1.89. The third-order valence-corrected chi connectivity index (χ3v) is 2.51. The molecule has 1 saturated heterocycles. The number of ether oxygens (including phenoxy) is 1. The lowest BCUT2D eigenvalue weighted by Gasteiger charge is -2.09. The Hall–Kier alpha value is -0.890. The molecular formula is C11H15NO. The summed E-state index contributed by atoms with van der Waals surface area (Å²) in [5.41, 5.74) is 2.46. The predicted molar refractivity (Wildman–Crippen MR) is 51.5 cm³/mol. The van der Waals surface area contributed by atoms with Crippen LogP contribution in [0.2, 0.25) is 0 Å². The molecule has 0 spiro atoms. The summed E-state index contributed by atoms with van der Waals surface area (Å²) in [5, 5.41) is 0. The lowest BCUT2D eigenvalue weighted by molar-refractivity contribution is 0.108. The minimum Gasteiger partial charge on any atom is -0.372 e. The van der Waals surface area contributed by atoms with Crippen LogP contribution in [0.4, 0.5) is 0 Å². The first-order chi connectivity index (χ1) is 6.40. The van der Waals surface area contributed by atoms with Gasteiger partial charge >= 0.3 is 0 Å². The summed E-state index contributed by atoms with van der Waals surface area (Å²) in [7, 11) is 0. The van der Waals surface area contributed by atoms with Crippen LogP contribution in [-0.2, 0) is 11.2 Å². The summed E-state index contributed by atoms with van der Waals surface area (Å²) >= 11 is 0. The monoisotopic (exact) mass is 177 g/mol. The van der Waals surface area contributed by atoms with Crippen LogP contribution in [0.3, 0.4) is 0 Å². The standard InChI is InChI=1S/C11H15NO/c1-2-9-5-6-12-10(8-9)11-4-3-7-13-11/h5-6,8,11H,2-4,7H2,1H3. The zero-order chi connectivity index (χ0) is 9.10. The normalized spacial score (nSPS) is 22.1. The Kier molecular flexibility index (Phi) is 2.60. The van der Waals surface area contributed by atoms with E-state index in [0.29, 0.717) is 0 Å². The SMILES string of the molecule is CCc1ccnc(C2CCCO2)c1. The van der Waals surface area contributed by atoms with Crippen LogP contribution in [0.15, 0.2) is 18.3 Å². The van der Waals surface area contributed by atoms with Gasteiger partial charge < -0.3 is 4.74 Å². The second-order valence-electron chi connectivity index (χ2n) is 3.44. The first-order valence-electron chi connectivity index (χ1n) is 4.96. The fourth-order valence-electron chi connectivity index (χ4n) is 1.70. The highest BCUT2D eigenvalue weighted by Gasteiger charge is 2.18. The molecule has 1 fully saturated rings. The van der Waals surface area contributed by atoms with Gasteiger partial charge in [-0.2, -0.15) is 0 Å². The van der Waals surface area contributed by atoms with Crippen LogP contribution in [0.5, 0.6) is 0 Å². The third-order valence-electron chi connectivity index (χ3n) is 2.51. The van der Waals surface area contributed by atoms with Crippen LogP contribution >= 0.6 is 0 Å². The highest BCUT2D eigenvalue weighted by Crippen LogP contribution is 2.27. The molecule has 1 aromatic heterocycles. The van der Waals surface area contributed by atoms with E-state index in [1.807, 2.05) is 6.20 Å². The molecule has 1 aromatic rings. The van der Waals surface area contributed by atoms with Crippen molar-refractivity contribution in [1.82, 2.24) is 4.98 Å². The number of aryl methyl sites for hydroxylation is 1. The Morgan fingerprint density at radius 3 is 3.23 bits per heavy atom. The van der Waals surface area contributed by atoms with Gasteiger partial charge in [0, 0.05) is 12.8 Å². The van der Waals surface area contributed by atoms with Gasteiger partial charge in [-0.05, 0) is 37.0 Å². The first-order valence-corrected chi connectivity index (χ1v) is 4.96. The molecule has 0 amide bonds. The molecule has 70 valence electrons. The van der Waals surface area contributed by atoms with Crippen molar-refractivity contribution < 1.29 is 4.74 Å². The van der Waals surface area contributed by atoms with E-state index in [9.17, 15) is 0 Å². The van der Waals surface area contributed by atoms with E-state index in [1.165, 1.54) is 12.0 Å². The molecule has 0 radical (unpaired) electrons. The Balaban J connectivity index is 2.18. The van der Waals surface area contributed by atoms with Gasteiger partial charge in [0.15, 0.2) is 0 Å². The Morgan fingerprint density at radius 1 is 1.62 bits per heavy atom. The van der Waals surface area contributed by atoms with Crippen molar-refractivity contribution in [3.05, 3.63) is 29.6 Å². The quantitative estimate of drug-likeness (QED) is 0.692. The zero-order valence-corrected chi connectivity index (χ0v) is 7.99. The van der Waals surface area contributed by atoms with Gasteiger partial charge in [-0.3, -0.25) is 4.98 Å². The second-order valence-corrected chi connectivity index (χ2v) is 3.44. The lowest BCUT2D eigenvalue weighted by atomic mass is 10.1. The molecule has 2 nitrogen and oxygen atoms in total. The van der Waals surface area contributed by atoms with Crippen molar-refractivity contribution in [3.63, 3.8) is 0 Å². The van der Waals surface area contributed by atoms with E-state index >= 15 is 0 Å². The molecule has 1 unspecified atom stereocenters. The van der Waals surface area contributed by atoms with Crippen LogP contribution in [0, 0.1) is 0 Å². The zero-order valence-electron chi connectivity index (χ0n) is 7.99. The summed E-state index contributed by atoms with van der Waals surface area (Å²) in [5.74, 6) is 0. The molecule has 2 heteroatoms. The van der Waals surface area contributed by atoms with Gasteiger partial charge in [-0.15, -0.1) is 0 Å². The highest BCUT2D eigenvalue weighted by molar-refractivity contribution is 5.18. The van der Waals surface area contributed by atoms with E-state index in [2.05, 4.69) is 24.0 Å². The van der Waals surface area contributed by atoms with E-state index in [4.69, 9.17) is 4.74 Å². The van der Waals surface area contributed by atoms with E-state index in [1.54, 1.807) is 0 Å². The van der Waals surface area contributed by atoms with Crippen LogP contribution in [-0.4, -0.2) is 11.6 Å². The van der Waals surface area contributed by atoms with Crippen LogP contribution < -0.4 is 0 Å². The molecule has 0 bridgehead atoms. The summed E-state index contributed by atoms with van der Waals surface area (Å²) in [6, 6.07) is 4.23. The number of hydrogen-bond donors (Lipinski definition) is 0. The van der Waals surface area contributed by atoms with Gasteiger partial charge in [-0.1, -0.05) is 6.92 Å². The average Bonchev–Trinajstić information content (AvgIpc) is 2.71. The molecule has 0 saturated carbocycles. The molecular weight excluding hydrogens is 162 g/mol. The number of rotatable bonds is 2. The van der Waals surface area contributed by atoms with Crippen molar-refractivity contribution in [1.29, 1.82) is 0 Å². The van der Waals surface area contributed by atoms with Gasteiger partial charge in [0.1, 0.15) is 0 Å². The Morgan fingerprint density at radius 2 is 2.54 bits per heavy atom. The maximum Gasteiger partial charge on any atom is 0.0995 e. The summed E-state index contributed by atoms with van der Waals surface area (Å²) in [6.45, 7) is 3.05. The molecule has 0 aliphatic carbocycles. The predicted octanol–water partition coefficient (Wildman–Crippen LogP) is 2.50. The molecule has 1 atom stereocenters. The van der Waals surface area contributed by atoms with Gasteiger partial charge in [0.2, 0.25) is 0 Å². The maximum atomic E-state index is 5.58. The smallest absolute Gasteiger partial charge is 0.0995 e. The molecule has 2 heterocycles. The maximum absolute atomic E-state index is 5.58. The van der Waals surface area contributed by atoms with Crippen LogP contribution in [0.25, 0.3) is 0 Å². The Labute approximate surface area is 78.9 Å². The lowest BCUT2D eigenvalue weighted by Crippen LogP contribution is -1.99.